The third-order valence-corrected chi connectivity index (χ3v) is 4.43. The van der Waals surface area contributed by atoms with Crippen molar-refractivity contribution in [1.82, 2.24) is 4.57 Å². The maximum Gasteiger partial charge on any atom is 0.310 e. The van der Waals surface area contributed by atoms with Crippen LogP contribution in [0.4, 0.5) is 0 Å². The smallest absolute Gasteiger partial charge is 0.310 e. The van der Waals surface area contributed by atoms with E-state index in [0.29, 0.717) is 32.9 Å². The molecule has 0 amide bonds. The van der Waals surface area contributed by atoms with Crippen LogP contribution >= 0.6 is 11.6 Å². The molecule has 1 unspecified atom stereocenters. The molecule has 0 saturated carbocycles. The summed E-state index contributed by atoms with van der Waals surface area (Å²) >= 11 is 5.93. The van der Waals surface area contributed by atoms with Gasteiger partial charge in [-0.15, -0.1) is 0 Å². The second-order valence-electron chi connectivity index (χ2n) is 5.69. The number of pyridine rings is 1. The number of carbonyl (C=O) groups is 1. The van der Waals surface area contributed by atoms with E-state index in [1.165, 1.54) is 17.7 Å². The largest absolute Gasteiger partial charge is 0.497 e. The third-order valence-electron chi connectivity index (χ3n) is 4.18. The number of aliphatic carboxylic acids is 1. The predicted molar refractivity (Wildman–Crippen MR) is 97.2 cm³/mol. The Balaban J connectivity index is 2.38. The van der Waals surface area contributed by atoms with Crippen molar-refractivity contribution < 1.29 is 14.6 Å². The number of nitrogens with zero attached hydrogens (tertiary/aromatic N) is 1. The normalized spacial score (nSPS) is 12.1. The number of fused-ring (bicyclic) bond motifs is 1. The highest BCUT2D eigenvalue weighted by atomic mass is 35.5. The minimum atomic E-state index is -0.993. The average Bonchev–Trinajstić information content (AvgIpc) is 2.61. The van der Waals surface area contributed by atoms with Crippen LogP contribution in [0, 0.1) is 0 Å². The van der Waals surface area contributed by atoms with E-state index < -0.39 is 11.9 Å². The topological polar surface area (TPSA) is 68.5 Å². The third kappa shape index (κ3) is 3.10. The van der Waals surface area contributed by atoms with Crippen LogP contribution in [0.1, 0.15) is 18.4 Å². The van der Waals surface area contributed by atoms with Gasteiger partial charge in [0.1, 0.15) is 5.75 Å². The van der Waals surface area contributed by atoms with Gasteiger partial charge in [-0.25, -0.2) is 0 Å². The second-order valence-corrected chi connectivity index (χ2v) is 6.13. The van der Waals surface area contributed by atoms with Crippen LogP contribution in [0.25, 0.3) is 16.6 Å². The molecule has 6 heteroatoms. The maximum atomic E-state index is 12.7. The van der Waals surface area contributed by atoms with Gasteiger partial charge >= 0.3 is 5.97 Å². The molecule has 0 radical (unpaired) electrons. The first-order valence-corrected chi connectivity index (χ1v) is 8.02. The fraction of sp³-hybridized carbons (Fsp3) is 0.158. The quantitative estimate of drug-likeness (QED) is 0.770. The van der Waals surface area contributed by atoms with Gasteiger partial charge in [-0.3, -0.25) is 14.2 Å². The lowest BCUT2D eigenvalue weighted by molar-refractivity contribution is -0.138. The Morgan fingerprint density at radius 3 is 2.44 bits per heavy atom. The number of hydrogen-bond acceptors (Lipinski definition) is 3. The van der Waals surface area contributed by atoms with Gasteiger partial charge in [0, 0.05) is 22.2 Å². The lowest BCUT2D eigenvalue weighted by Crippen LogP contribution is -2.21. The second kappa shape index (κ2) is 6.61. The minimum absolute atomic E-state index is 0.303. The molecule has 0 aliphatic heterocycles. The fourth-order valence-corrected chi connectivity index (χ4v) is 2.94. The number of ether oxygens (including phenoxy) is 1. The van der Waals surface area contributed by atoms with Crippen molar-refractivity contribution in [2.45, 2.75) is 12.8 Å². The lowest BCUT2D eigenvalue weighted by atomic mass is 9.97. The van der Waals surface area contributed by atoms with Crippen LogP contribution in [0.2, 0.25) is 5.02 Å². The summed E-state index contributed by atoms with van der Waals surface area (Å²) in [5.41, 5.74) is 1.41. The van der Waals surface area contributed by atoms with Crippen molar-refractivity contribution in [2.75, 3.05) is 7.11 Å². The zero-order chi connectivity index (χ0) is 18.1. The molecule has 0 spiro atoms. The average molecular weight is 358 g/mol. The van der Waals surface area contributed by atoms with Gasteiger partial charge in [0.2, 0.25) is 0 Å². The maximum absolute atomic E-state index is 12.7. The lowest BCUT2D eigenvalue weighted by Gasteiger charge is -2.16. The number of hydrogen-bond donors (Lipinski definition) is 1. The molecule has 0 fully saturated rings. The number of methoxy groups -OCH3 is 1. The standard InChI is InChI=1S/C19H16ClNO4/c1-11(19(23)24)15-10-18(22)21(13-5-3-12(20)4-6-13)17-8-7-14(25-2)9-16(15)17/h3-11H,1-2H3,(H,23,24). The first-order chi connectivity index (χ1) is 11.9. The summed E-state index contributed by atoms with van der Waals surface area (Å²) in [5.74, 6) is -1.22. The monoisotopic (exact) mass is 357 g/mol. The minimum Gasteiger partial charge on any atom is -0.497 e. The molecule has 5 nitrogen and oxygen atoms in total. The van der Waals surface area contributed by atoms with Crippen LogP contribution in [-0.2, 0) is 4.79 Å². The van der Waals surface area contributed by atoms with Gasteiger partial charge in [-0.2, -0.15) is 0 Å². The number of benzene rings is 2. The Bertz CT molecular complexity index is 1010. The van der Waals surface area contributed by atoms with Crippen molar-refractivity contribution in [3.63, 3.8) is 0 Å². The predicted octanol–water partition coefficient (Wildman–Crippen LogP) is 3.84. The molecular weight excluding hydrogens is 342 g/mol. The van der Waals surface area contributed by atoms with Crippen LogP contribution in [0.15, 0.2) is 53.3 Å². The summed E-state index contributed by atoms with van der Waals surface area (Å²) in [5, 5.41) is 10.6. The molecule has 0 saturated heterocycles. The zero-order valence-corrected chi connectivity index (χ0v) is 14.4. The number of carboxylic acids is 1. The Morgan fingerprint density at radius 1 is 1.16 bits per heavy atom. The van der Waals surface area contributed by atoms with Gasteiger partial charge in [0.15, 0.2) is 0 Å². The van der Waals surface area contributed by atoms with E-state index in [-0.39, 0.29) is 5.56 Å². The van der Waals surface area contributed by atoms with E-state index in [1.54, 1.807) is 49.4 Å². The van der Waals surface area contributed by atoms with Crippen molar-refractivity contribution in [2.24, 2.45) is 0 Å². The van der Waals surface area contributed by atoms with Gasteiger partial charge in [0.05, 0.1) is 18.5 Å². The SMILES string of the molecule is COc1ccc2c(c1)c(C(C)C(=O)O)cc(=O)n2-c1ccc(Cl)cc1. The van der Waals surface area contributed by atoms with Crippen molar-refractivity contribution in [1.29, 1.82) is 0 Å². The Morgan fingerprint density at radius 2 is 1.84 bits per heavy atom. The highest BCUT2D eigenvalue weighted by Crippen LogP contribution is 2.29. The van der Waals surface area contributed by atoms with Crippen molar-refractivity contribution in [3.8, 4) is 11.4 Å². The molecule has 1 heterocycles. The molecule has 0 bridgehead atoms. The summed E-state index contributed by atoms with van der Waals surface area (Å²) in [6.07, 6.45) is 0. The molecule has 0 aliphatic carbocycles. The highest BCUT2D eigenvalue weighted by molar-refractivity contribution is 6.30. The summed E-state index contributed by atoms with van der Waals surface area (Å²) in [7, 11) is 1.54. The number of rotatable bonds is 4. The van der Waals surface area contributed by atoms with Crippen LogP contribution in [0.5, 0.6) is 5.75 Å². The van der Waals surface area contributed by atoms with Gasteiger partial charge in [-0.05, 0) is 55.0 Å². The van der Waals surface area contributed by atoms with E-state index in [2.05, 4.69) is 0 Å². The molecular formula is C19H16ClNO4. The van der Waals surface area contributed by atoms with Crippen LogP contribution in [-0.4, -0.2) is 22.8 Å². The van der Waals surface area contributed by atoms with E-state index >= 15 is 0 Å². The van der Waals surface area contributed by atoms with Crippen LogP contribution in [0.3, 0.4) is 0 Å². The van der Waals surface area contributed by atoms with Gasteiger partial charge in [-0.1, -0.05) is 11.6 Å². The van der Waals surface area contributed by atoms with E-state index in [4.69, 9.17) is 16.3 Å². The number of aromatic nitrogens is 1. The fourth-order valence-electron chi connectivity index (χ4n) is 2.81. The highest BCUT2D eigenvalue weighted by Gasteiger charge is 2.20. The van der Waals surface area contributed by atoms with E-state index in [9.17, 15) is 14.7 Å². The summed E-state index contributed by atoms with van der Waals surface area (Å²) in [6.45, 7) is 1.56. The molecule has 0 aliphatic rings. The van der Waals surface area contributed by atoms with E-state index in [0.717, 1.165) is 0 Å². The molecule has 3 aromatic rings. The molecule has 128 valence electrons. The first-order valence-electron chi connectivity index (χ1n) is 7.65. The molecule has 2 aromatic carbocycles. The Kier molecular flexibility index (Phi) is 4.51. The van der Waals surface area contributed by atoms with Crippen LogP contribution < -0.4 is 10.3 Å². The summed E-state index contributed by atoms with van der Waals surface area (Å²) in [6, 6.07) is 13.5. The number of carboxylic acid groups (broad SMARTS) is 1. The molecule has 1 aromatic heterocycles. The summed E-state index contributed by atoms with van der Waals surface area (Å²) < 4.78 is 6.79. The number of halogens is 1. The first kappa shape index (κ1) is 17.0. The van der Waals surface area contributed by atoms with Gasteiger partial charge in [0.25, 0.3) is 5.56 Å². The van der Waals surface area contributed by atoms with Crippen molar-refractivity contribution >= 4 is 28.5 Å². The summed E-state index contributed by atoms with van der Waals surface area (Å²) in [4.78, 5) is 24.2. The molecule has 1 N–H and O–H groups in total. The zero-order valence-electron chi connectivity index (χ0n) is 13.7. The Hall–Kier alpha value is -2.79. The molecule has 3 rings (SSSR count). The Labute approximate surface area is 149 Å². The molecule has 25 heavy (non-hydrogen) atoms. The van der Waals surface area contributed by atoms with Crippen molar-refractivity contribution in [3.05, 3.63) is 69.5 Å². The van der Waals surface area contributed by atoms with Gasteiger partial charge < -0.3 is 9.84 Å². The van der Waals surface area contributed by atoms with E-state index in [1.807, 2.05) is 0 Å². The molecule has 1 atom stereocenters.